The number of pyridine rings is 1. The van der Waals surface area contributed by atoms with Crippen LogP contribution in [0.1, 0.15) is 66.7 Å². The van der Waals surface area contributed by atoms with E-state index in [-0.39, 0.29) is 29.5 Å². The van der Waals surface area contributed by atoms with Crippen LogP contribution in [-0.2, 0) is 0 Å². The predicted octanol–water partition coefficient (Wildman–Crippen LogP) is 2.77. The standard InChI is InChI=1S/C17H23N5O/c1-5-12(13-8-6-7-11(4)19-13)20-16(23)15-9-14(10(2)3)21-17(18)22-15/h6-10,12H,5H2,1-4H3,(H,20,23)(H2,18,21,22). The van der Waals surface area contributed by atoms with Crippen molar-refractivity contribution in [2.24, 2.45) is 0 Å². The number of amides is 1. The normalized spacial score (nSPS) is 12.2. The summed E-state index contributed by atoms with van der Waals surface area (Å²) in [5.41, 5.74) is 8.51. The van der Waals surface area contributed by atoms with Gasteiger partial charge in [0.05, 0.1) is 11.7 Å². The van der Waals surface area contributed by atoms with E-state index in [1.807, 2.05) is 45.9 Å². The molecule has 1 amide bonds. The first-order valence-corrected chi connectivity index (χ1v) is 7.79. The van der Waals surface area contributed by atoms with Crippen molar-refractivity contribution < 1.29 is 4.79 Å². The second-order valence-corrected chi connectivity index (χ2v) is 5.83. The molecular formula is C17H23N5O. The lowest BCUT2D eigenvalue weighted by atomic mass is 10.1. The van der Waals surface area contributed by atoms with Crippen LogP contribution in [0, 0.1) is 6.92 Å². The molecule has 0 radical (unpaired) electrons. The molecule has 0 spiro atoms. The smallest absolute Gasteiger partial charge is 0.270 e. The maximum atomic E-state index is 12.5. The average Bonchev–Trinajstić information content (AvgIpc) is 2.51. The Labute approximate surface area is 136 Å². The van der Waals surface area contributed by atoms with Gasteiger partial charge in [-0.3, -0.25) is 9.78 Å². The fraction of sp³-hybridized carbons (Fsp3) is 0.412. The summed E-state index contributed by atoms with van der Waals surface area (Å²) in [6.45, 7) is 7.92. The van der Waals surface area contributed by atoms with E-state index in [1.54, 1.807) is 6.07 Å². The summed E-state index contributed by atoms with van der Waals surface area (Å²) < 4.78 is 0. The SMILES string of the molecule is CCC(NC(=O)c1cc(C(C)C)nc(N)n1)c1cccc(C)n1. The lowest BCUT2D eigenvalue weighted by Gasteiger charge is -2.17. The van der Waals surface area contributed by atoms with Crippen LogP contribution >= 0.6 is 0 Å². The van der Waals surface area contributed by atoms with Gasteiger partial charge in [0.15, 0.2) is 0 Å². The van der Waals surface area contributed by atoms with Crippen molar-refractivity contribution in [3.8, 4) is 0 Å². The molecule has 1 unspecified atom stereocenters. The van der Waals surface area contributed by atoms with Crippen LogP contribution in [0.3, 0.4) is 0 Å². The third-order valence-electron chi connectivity index (χ3n) is 3.57. The Balaban J connectivity index is 2.23. The molecule has 0 aliphatic heterocycles. The third-order valence-corrected chi connectivity index (χ3v) is 3.57. The van der Waals surface area contributed by atoms with Crippen molar-refractivity contribution in [2.75, 3.05) is 5.73 Å². The van der Waals surface area contributed by atoms with E-state index in [9.17, 15) is 4.79 Å². The minimum atomic E-state index is -0.267. The van der Waals surface area contributed by atoms with Crippen LogP contribution in [0.2, 0.25) is 0 Å². The highest BCUT2D eigenvalue weighted by atomic mass is 16.1. The summed E-state index contributed by atoms with van der Waals surface area (Å²) in [4.78, 5) is 25.2. The Bertz CT molecular complexity index is 699. The van der Waals surface area contributed by atoms with E-state index >= 15 is 0 Å². The second-order valence-electron chi connectivity index (χ2n) is 5.83. The molecule has 0 saturated heterocycles. The average molecular weight is 313 g/mol. The first kappa shape index (κ1) is 16.9. The van der Waals surface area contributed by atoms with Crippen molar-refractivity contribution in [1.29, 1.82) is 0 Å². The highest BCUT2D eigenvalue weighted by Gasteiger charge is 2.18. The van der Waals surface area contributed by atoms with Crippen molar-refractivity contribution >= 4 is 11.9 Å². The van der Waals surface area contributed by atoms with Crippen LogP contribution in [0.5, 0.6) is 0 Å². The fourth-order valence-corrected chi connectivity index (χ4v) is 2.27. The molecule has 3 N–H and O–H groups in total. The molecule has 0 aliphatic rings. The summed E-state index contributed by atoms with van der Waals surface area (Å²) in [6.07, 6.45) is 0.736. The van der Waals surface area contributed by atoms with Crippen LogP contribution < -0.4 is 11.1 Å². The van der Waals surface area contributed by atoms with Crippen molar-refractivity contribution in [3.05, 3.63) is 47.0 Å². The Hall–Kier alpha value is -2.50. The summed E-state index contributed by atoms with van der Waals surface area (Å²) in [5.74, 6) is 0.0199. The maximum absolute atomic E-state index is 12.5. The molecular weight excluding hydrogens is 290 g/mol. The zero-order valence-corrected chi connectivity index (χ0v) is 14.0. The number of hydrogen-bond acceptors (Lipinski definition) is 5. The first-order chi connectivity index (χ1) is 10.9. The van der Waals surface area contributed by atoms with Crippen molar-refractivity contribution in [3.63, 3.8) is 0 Å². The Morgan fingerprint density at radius 2 is 1.96 bits per heavy atom. The van der Waals surface area contributed by atoms with Gasteiger partial charge in [-0.05, 0) is 37.5 Å². The van der Waals surface area contributed by atoms with E-state index in [4.69, 9.17) is 5.73 Å². The number of rotatable bonds is 5. The zero-order valence-electron chi connectivity index (χ0n) is 14.0. The number of aromatic nitrogens is 3. The van der Waals surface area contributed by atoms with Gasteiger partial charge in [0.25, 0.3) is 5.91 Å². The number of nitrogens with zero attached hydrogens (tertiary/aromatic N) is 3. The maximum Gasteiger partial charge on any atom is 0.270 e. The number of aryl methyl sites for hydroxylation is 1. The van der Waals surface area contributed by atoms with E-state index in [0.717, 1.165) is 23.5 Å². The first-order valence-electron chi connectivity index (χ1n) is 7.79. The van der Waals surface area contributed by atoms with Crippen LogP contribution in [0.25, 0.3) is 0 Å². The molecule has 0 aromatic carbocycles. The number of nitrogen functional groups attached to an aromatic ring is 1. The summed E-state index contributed by atoms with van der Waals surface area (Å²) >= 11 is 0. The number of nitrogens with one attached hydrogen (secondary N) is 1. The van der Waals surface area contributed by atoms with Gasteiger partial charge in [0.1, 0.15) is 5.69 Å². The molecule has 0 fully saturated rings. The lowest BCUT2D eigenvalue weighted by molar-refractivity contribution is 0.0929. The molecule has 1 atom stereocenters. The van der Waals surface area contributed by atoms with Gasteiger partial charge in [0, 0.05) is 11.4 Å². The van der Waals surface area contributed by atoms with Crippen LogP contribution in [-0.4, -0.2) is 20.9 Å². The molecule has 23 heavy (non-hydrogen) atoms. The van der Waals surface area contributed by atoms with Crippen molar-refractivity contribution in [1.82, 2.24) is 20.3 Å². The van der Waals surface area contributed by atoms with Gasteiger partial charge in [-0.25, -0.2) is 9.97 Å². The Morgan fingerprint density at radius 3 is 2.57 bits per heavy atom. The summed E-state index contributed by atoms with van der Waals surface area (Å²) in [6, 6.07) is 7.30. The number of carbonyl (C=O) groups excluding carboxylic acids is 1. The van der Waals surface area contributed by atoms with Gasteiger partial charge < -0.3 is 11.1 Å². The molecule has 2 aromatic heterocycles. The lowest BCUT2D eigenvalue weighted by Crippen LogP contribution is -2.30. The van der Waals surface area contributed by atoms with Crippen molar-refractivity contribution in [2.45, 2.75) is 46.1 Å². The zero-order chi connectivity index (χ0) is 17.0. The van der Waals surface area contributed by atoms with Gasteiger partial charge in [-0.1, -0.05) is 26.8 Å². The molecule has 2 rings (SSSR count). The van der Waals surface area contributed by atoms with E-state index in [0.29, 0.717) is 0 Å². The minimum absolute atomic E-state index is 0.114. The van der Waals surface area contributed by atoms with Crippen LogP contribution in [0.15, 0.2) is 24.3 Å². The predicted molar refractivity (Wildman–Crippen MR) is 90.0 cm³/mol. The van der Waals surface area contributed by atoms with Crippen LogP contribution in [0.4, 0.5) is 5.95 Å². The molecule has 2 heterocycles. The molecule has 0 aliphatic carbocycles. The van der Waals surface area contributed by atoms with Gasteiger partial charge >= 0.3 is 0 Å². The number of nitrogens with two attached hydrogens (primary N) is 1. The second kappa shape index (κ2) is 7.17. The molecule has 6 heteroatoms. The largest absolute Gasteiger partial charge is 0.368 e. The quantitative estimate of drug-likeness (QED) is 0.885. The summed E-state index contributed by atoms with van der Waals surface area (Å²) in [5, 5.41) is 2.97. The highest BCUT2D eigenvalue weighted by molar-refractivity contribution is 5.92. The van der Waals surface area contributed by atoms with E-state index in [2.05, 4.69) is 20.3 Å². The van der Waals surface area contributed by atoms with Gasteiger partial charge in [-0.15, -0.1) is 0 Å². The summed E-state index contributed by atoms with van der Waals surface area (Å²) in [7, 11) is 0. The van der Waals surface area contributed by atoms with E-state index in [1.165, 1.54) is 0 Å². The van der Waals surface area contributed by atoms with Gasteiger partial charge in [-0.2, -0.15) is 0 Å². The molecule has 0 bridgehead atoms. The van der Waals surface area contributed by atoms with E-state index < -0.39 is 0 Å². The Kier molecular flexibility index (Phi) is 5.26. The fourth-order valence-electron chi connectivity index (χ4n) is 2.27. The molecule has 2 aromatic rings. The highest BCUT2D eigenvalue weighted by Crippen LogP contribution is 2.17. The molecule has 0 saturated carbocycles. The van der Waals surface area contributed by atoms with Gasteiger partial charge in [0.2, 0.25) is 5.95 Å². The molecule has 122 valence electrons. The minimum Gasteiger partial charge on any atom is -0.368 e. The number of anilines is 1. The molecule has 6 nitrogen and oxygen atoms in total. The topological polar surface area (TPSA) is 93.8 Å². The monoisotopic (exact) mass is 313 g/mol. The Morgan fingerprint density at radius 1 is 1.22 bits per heavy atom. The number of hydrogen-bond donors (Lipinski definition) is 2. The third kappa shape index (κ3) is 4.25. The number of carbonyl (C=O) groups is 1.